The van der Waals surface area contributed by atoms with Gasteiger partial charge < -0.3 is 22.3 Å². The van der Waals surface area contributed by atoms with Gasteiger partial charge in [-0.1, -0.05) is 0 Å². The van der Waals surface area contributed by atoms with Crippen LogP contribution in [-0.4, -0.2) is 0 Å². The first-order valence-corrected chi connectivity index (χ1v) is 0. The third-order valence-electron chi connectivity index (χ3n) is 0. The van der Waals surface area contributed by atoms with Crippen molar-refractivity contribution in [2.45, 2.75) is 0 Å². The van der Waals surface area contributed by atoms with E-state index in [0.717, 1.165) is 0 Å². The van der Waals surface area contributed by atoms with Crippen molar-refractivity contribution in [2.24, 2.45) is 0 Å². The molecule has 0 nitrogen and oxygen atoms in total. The fraction of sp³-hybridized carbons (Fsp3) is 0. The van der Waals surface area contributed by atoms with E-state index in [1.165, 1.54) is 0 Å². The largest absolute Gasteiger partial charge is 3.00 e. The van der Waals surface area contributed by atoms with Gasteiger partial charge in [-0.05, 0) is 0 Å². The van der Waals surface area contributed by atoms with E-state index < -0.39 is 0 Å². The van der Waals surface area contributed by atoms with Crippen molar-refractivity contribution in [1.29, 1.82) is 0 Å². The van der Waals surface area contributed by atoms with Crippen LogP contribution in [0.25, 0.3) is 0 Å². The molecule has 4 heavy (non-hydrogen) atoms. The van der Waals surface area contributed by atoms with E-state index in [9.17, 15) is 0 Å². The molecular formula is C3H9Ru. The van der Waals surface area contributed by atoms with Gasteiger partial charge in [-0.15, -0.1) is 0 Å². The van der Waals surface area contributed by atoms with Crippen LogP contribution in [0.3, 0.4) is 0 Å². The Balaban J connectivity index is 0. The Kier molecular flexibility index (Phi) is 2510. The van der Waals surface area contributed by atoms with Gasteiger partial charge in [0, 0.05) is 0 Å². The summed E-state index contributed by atoms with van der Waals surface area (Å²) in [6.45, 7) is 0. The maximum atomic E-state index is 0. The Morgan fingerprint density at radius 1 is 0.500 bits per heavy atom. The number of hydrogen-bond acceptors (Lipinski definition) is 0. The topological polar surface area (TPSA) is 0 Å². The molecule has 0 atom stereocenters. The quantitative estimate of drug-likeness (QED) is 0.357. The van der Waals surface area contributed by atoms with Crippen LogP contribution in [0.4, 0.5) is 0 Å². The number of hydrogen-bond donors (Lipinski definition) is 0. The van der Waals surface area contributed by atoms with Gasteiger partial charge in [-0.25, -0.2) is 0 Å². The molecule has 29 valence electrons. The summed E-state index contributed by atoms with van der Waals surface area (Å²) < 4.78 is 0. The van der Waals surface area contributed by atoms with Crippen LogP contribution >= 0.6 is 0 Å². The third kappa shape index (κ3) is 17.8. The van der Waals surface area contributed by atoms with Crippen molar-refractivity contribution >= 4 is 0 Å². The fourth-order valence-electron chi connectivity index (χ4n) is 0. The Morgan fingerprint density at radius 2 is 0.500 bits per heavy atom. The molecule has 0 saturated carbocycles. The Morgan fingerprint density at radius 3 is 0.500 bits per heavy atom. The Hall–Kier alpha value is 0.623. The second kappa shape index (κ2) is 64.2. The van der Waals surface area contributed by atoms with E-state index in [4.69, 9.17) is 0 Å². The zero-order valence-corrected chi connectivity index (χ0v) is 5.09. The predicted octanol–water partition coefficient (Wildman–Crippen LogP) is 1.35. The molecule has 0 aromatic carbocycles. The molecule has 1 radical (unpaired) electrons. The average molecular weight is 146 g/mol. The molecular weight excluding hydrogens is 137 g/mol. The standard InChI is InChI=1S/3CH3.Ru/h3*1H3;/q3*-1;+3. The summed E-state index contributed by atoms with van der Waals surface area (Å²) in [5, 5.41) is 0. The van der Waals surface area contributed by atoms with Gasteiger partial charge >= 0.3 is 19.5 Å². The van der Waals surface area contributed by atoms with Crippen LogP contribution in [0.5, 0.6) is 0 Å². The minimum absolute atomic E-state index is 0. The summed E-state index contributed by atoms with van der Waals surface area (Å²) in [5.74, 6) is 0. The van der Waals surface area contributed by atoms with E-state index in [-0.39, 0.29) is 41.8 Å². The van der Waals surface area contributed by atoms with Crippen molar-refractivity contribution in [1.82, 2.24) is 0 Å². The smallest absolute Gasteiger partial charge is 0.358 e. The van der Waals surface area contributed by atoms with Gasteiger partial charge in [-0.2, -0.15) is 0 Å². The molecule has 0 saturated heterocycles. The molecule has 0 aliphatic rings. The van der Waals surface area contributed by atoms with Crippen LogP contribution in [0.2, 0.25) is 0 Å². The summed E-state index contributed by atoms with van der Waals surface area (Å²) in [6.07, 6.45) is 0. The zero-order valence-electron chi connectivity index (χ0n) is 3.35. The molecule has 0 rings (SSSR count). The molecule has 0 aliphatic heterocycles. The molecule has 0 amide bonds. The molecule has 0 aliphatic carbocycles. The second-order valence-electron chi connectivity index (χ2n) is 0. The number of rotatable bonds is 0. The first-order chi connectivity index (χ1) is 0. The molecule has 0 aromatic rings. The molecule has 0 spiro atoms. The van der Waals surface area contributed by atoms with Crippen LogP contribution in [0.15, 0.2) is 0 Å². The maximum absolute atomic E-state index is 0. The zero-order chi connectivity index (χ0) is 0. The minimum Gasteiger partial charge on any atom is -0.358 e. The fourth-order valence-corrected chi connectivity index (χ4v) is 0. The summed E-state index contributed by atoms with van der Waals surface area (Å²) in [7, 11) is 0. The predicted molar refractivity (Wildman–Crippen MR) is 19.2 cm³/mol. The minimum atomic E-state index is 0. The van der Waals surface area contributed by atoms with E-state index in [0.29, 0.717) is 0 Å². The molecule has 0 heterocycles. The van der Waals surface area contributed by atoms with Gasteiger partial charge in [-0.3, -0.25) is 0 Å². The Bertz CT molecular complexity index is 3.25. The Labute approximate surface area is 42.4 Å². The van der Waals surface area contributed by atoms with Crippen molar-refractivity contribution < 1.29 is 19.5 Å². The van der Waals surface area contributed by atoms with Gasteiger partial charge in [0.1, 0.15) is 0 Å². The molecule has 0 aromatic heterocycles. The van der Waals surface area contributed by atoms with E-state index >= 15 is 0 Å². The third-order valence-corrected chi connectivity index (χ3v) is 0. The van der Waals surface area contributed by atoms with E-state index in [2.05, 4.69) is 0 Å². The van der Waals surface area contributed by atoms with Crippen molar-refractivity contribution in [2.75, 3.05) is 0 Å². The molecule has 0 unspecified atom stereocenters. The SMILES string of the molecule is [CH3-].[CH3-].[CH3-].[Ru+3]. The molecule has 0 fully saturated rings. The van der Waals surface area contributed by atoms with Gasteiger partial charge in [0.25, 0.3) is 0 Å². The van der Waals surface area contributed by atoms with Crippen LogP contribution < -0.4 is 0 Å². The molecule has 0 bridgehead atoms. The van der Waals surface area contributed by atoms with Gasteiger partial charge in [0.05, 0.1) is 0 Å². The average Bonchev–Trinajstić information content (AvgIpc) is 0. The van der Waals surface area contributed by atoms with Crippen LogP contribution in [-0.2, 0) is 19.5 Å². The molecule has 0 N–H and O–H groups in total. The van der Waals surface area contributed by atoms with Crippen molar-refractivity contribution in [3.63, 3.8) is 0 Å². The van der Waals surface area contributed by atoms with Gasteiger partial charge in [0.2, 0.25) is 0 Å². The summed E-state index contributed by atoms with van der Waals surface area (Å²) in [5.41, 5.74) is 0. The summed E-state index contributed by atoms with van der Waals surface area (Å²) in [4.78, 5) is 0. The van der Waals surface area contributed by atoms with Crippen LogP contribution in [0.1, 0.15) is 0 Å². The van der Waals surface area contributed by atoms with E-state index in [1.807, 2.05) is 0 Å². The van der Waals surface area contributed by atoms with Gasteiger partial charge in [0.15, 0.2) is 0 Å². The first-order valence-electron chi connectivity index (χ1n) is 0. The van der Waals surface area contributed by atoms with Crippen LogP contribution in [0, 0.1) is 22.3 Å². The first kappa shape index (κ1) is 156. The summed E-state index contributed by atoms with van der Waals surface area (Å²) in [6, 6.07) is 0. The second-order valence-corrected chi connectivity index (χ2v) is 0. The van der Waals surface area contributed by atoms with Crippen molar-refractivity contribution in [3.8, 4) is 0 Å². The summed E-state index contributed by atoms with van der Waals surface area (Å²) >= 11 is 0. The normalized spacial score (nSPS) is 0. The molecule has 1 heteroatoms. The monoisotopic (exact) mass is 147 g/mol. The van der Waals surface area contributed by atoms with Crippen molar-refractivity contribution in [3.05, 3.63) is 22.3 Å². The maximum Gasteiger partial charge on any atom is 3.00 e. The van der Waals surface area contributed by atoms with E-state index in [1.54, 1.807) is 0 Å².